The van der Waals surface area contributed by atoms with E-state index in [1.165, 1.54) is 6.20 Å². The molecule has 9 heteroatoms. The summed E-state index contributed by atoms with van der Waals surface area (Å²) in [4.78, 5) is 38.3. The highest BCUT2D eigenvalue weighted by atomic mass is 79.9. The number of nitrogens with zero attached hydrogens (tertiary/aromatic N) is 4. The van der Waals surface area contributed by atoms with Gasteiger partial charge >= 0.3 is 5.97 Å². The fourth-order valence-corrected chi connectivity index (χ4v) is 3.78. The molecule has 1 aliphatic rings. The molecule has 0 atom stereocenters. The average Bonchev–Trinajstić information content (AvgIpc) is 2.74. The Kier molecular flexibility index (Phi) is 7.51. The van der Waals surface area contributed by atoms with Crippen LogP contribution in [0, 0.1) is 0 Å². The molecule has 0 radical (unpaired) electrons. The summed E-state index contributed by atoms with van der Waals surface area (Å²) in [5.41, 5.74) is 8.69. The number of likely N-dealkylation sites (tertiary alicyclic amines) is 1. The number of piperidine rings is 1. The standard InChI is InChI=1S/C21H24BrN5O3/c22-16-3-1-4-17-21(16)26-18(13-25-17)14(11-23)12-24-15-7-9-27(10-8-15)19(28)5-2-6-20(29)30/h1,3-4,11-13,15H,2,5-10,23H2,(H,29,30). The lowest BCUT2D eigenvalue weighted by molar-refractivity contribution is -0.137. The number of hydrogen-bond donors (Lipinski definition) is 2. The van der Waals surface area contributed by atoms with Gasteiger partial charge in [-0.25, -0.2) is 4.98 Å². The van der Waals surface area contributed by atoms with Crippen LogP contribution in [0.1, 0.15) is 37.8 Å². The fourth-order valence-electron chi connectivity index (χ4n) is 3.33. The Morgan fingerprint density at radius 2 is 2.07 bits per heavy atom. The fraction of sp³-hybridized carbons (Fsp3) is 0.381. The van der Waals surface area contributed by atoms with Gasteiger partial charge in [0.15, 0.2) is 0 Å². The molecule has 2 heterocycles. The molecule has 158 valence electrons. The monoisotopic (exact) mass is 473 g/mol. The molecular weight excluding hydrogens is 450 g/mol. The number of halogens is 1. The first-order valence-electron chi connectivity index (χ1n) is 9.84. The van der Waals surface area contributed by atoms with Crippen molar-refractivity contribution in [3.8, 4) is 0 Å². The second kappa shape index (κ2) is 10.3. The highest BCUT2D eigenvalue weighted by molar-refractivity contribution is 9.10. The van der Waals surface area contributed by atoms with Crippen LogP contribution in [0.15, 0.2) is 40.1 Å². The van der Waals surface area contributed by atoms with Gasteiger partial charge in [-0.3, -0.25) is 19.6 Å². The zero-order chi connectivity index (χ0) is 21.5. The number of aromatic nitrogens is 2. The van der Waals surface area contributed by atoms with Crippen molar-refractivity contribution in [1.82, 2.24) is 14.9 Å². The van der Waals surface area contributed by atoms with E-state index >= 15 is 0 Å². The normalized spacial score (nSPS) is 15.8. The zero-order valence-electron chi connectivity index (χ0n) is 16.5. The third kappa shape index (κ3) is 5.63. The Hall–Kier alpha value is -2.81. The maximum absolute atomic E-state index is 12.2. The predicted octanol–water partition coefficient (Wildman–Crippen LogP) is 3.01. The molecule has 0 saturated carbocycles. The van der Waals surface area contributed by atoms with Crippen LogP contribution < -0.4 is 5.73 Å². The molecule has 3 rings (SSSR count). The number of aliphatic imine (C=N–C) groups is 1. The van der Waals surface area contributed by atoms with Crippen LogP contribution in [0.3, 0.4) is 0 Å². The summed E-state index contributed by atoms with van der Waals surface area (Å²) in [6.07, 6.45) is 7.06. The van der Waals surface area contributed by atoms with Gasteiger partial charge in [-0.2, -0.15) is 0 Å². The Bertz CT molecular complexity index is 984. The quantitative estimate of drug-likeness (QED) is 0.595. The van der Waals surface area contributed by atoms with E-state index in [2.05, 4.69) is 30.9 Å². The second-order valence-electron chi connectivity index (χ2n) is 7.12. The molecule has 30 heavy (non-hydrogen) atoms. The van der Waals surface area contributed by atoms with E-state index in [1.54, 1.807) is 17.3 Å². The van der Waals surface area contributed by atoms with Crippen molar-refractivity contribution in [2.45, 2.75) is 38.1 Å². The van der Waals surface area contributed by atoms with Crippen LogP contribution in [-0.2, 0) is 9.59 Å². The van der Waals surface area contributed by atoms with Crippen LogP contribution in [0.2, 0.25) is 0 Å². The molecule has 1 aromatic heterocycles. The third-order valence-corrected chi connectivity index (χ3v) is 5.66. The van der Waals surface area contributed by atoms with Crippen molar-refractivity contribution in [2.24, 2.45) is 10.7 Å². The van der Waals surface area contributed by atoms with Gasteiger partial charge < -0.3 is 15.7 Å². The summed E-state index contributed by atoms with van der Waals surface area (Å²) in [5.74, 6) is -0.860. The van der Waals surface area contributed by atoms with Gasteiger partial charge in [-0.05, 0) is 47.3 Å². The van der Waals surface area contributed by atoms with Crippen molar-refractivity contribution in [2.75, 3.05) is 13.1 Å². The zero-order valence-corrected chi connectivity index (χ0v) is 18.1. The number of nitrogens with two attached hydrogens (primary N) is 1. The number of carboxylic acid groups (broad SMARTS) is 1. The van der Waals surface area contributed by atoms with Gasteiger partial charge in [0.05, 0.1) is 23.4 Å². The Morgan fingerprint density at radius 1 is 1.30 bits per heavy atom. The van der Waals surface area contributed by atoms with Gasteiger partial charge in [0.2, 0.25) is 5.91 Å². The number of fused-ring (bicyclic) bond motifs is 1. The number of carbonyl (C=O) groups is 2. The number of hydrogen-bond acceptors (Lipinski definition) is 6. The maximum Gasteiger partial charge on any atom is 0.303 e. The van der Waals surface area contributed by atoms with Crippen molar-refractivity contribution >= 4 is 50.6 Å². The molecule has 0 aliphatic carbocycles. The molecule has 1 fully saturated rings. The van der Waals surface area contributed by atoms with E-state index in [1.807, 2.05) is 18.2 Å². The predicted molar refractivity (Wildman–Crippen MR) is 119 cm³/mol. The minimum atomic E-state index is -0.872. The molecule has 2 aromatic rings. The van der Waals surface area contributed by atoms with E-state index in [-0.39, 0.29) is 24.8 Å². The summed E-state index contributed by atoms with van der Waals surface area (Å²) in [5, 5.41) is 8.68. The lowest BCUT2D eigenvalue weighted by atomic mass is 10.0. The highest BCUT2D eigenvalue weighted by Crippen LogP contribution is 2.22. The van der Waals surface area contributed by atoms with Gasteiger partial charge in [0, 0.05) is 48.4 Å². The van der Waals surface area contributed by atoms with Crippen LogP contribution in [0.5, 0.6) is 0 Å². The number of amides is 1. The van der Waals surface area contributed by atoms with Gasteiger partial charge in [-0.1, -0.05) is 6.07 Å². The lowest BCUT2D eigenvalue weighted by Gasteiger charge is -2.30. The van der Waals surface area contributed by atoms with Crippen molar-refractivity contribution in [3.05, 3.63) is 40.8 Å². The summed E-state index contributed by atoms with van der Waals surface area (Å²) in [6.45, 7) is 1.25. The summed E-state index contributed by atoms with van der Waals surface area (Å²) < 4.78 is 0.864. The van der Waals surface area contributed by atoms with Crippen LogP contribution >= 0.6 is 15.9 Å². The smallest absolute Gasteiger partial charge is 0.303 e. The van der Waals surface area contributed by atoms with E-state index in [4.69, 9.17) is 10.8 Å². The number of aliphatic carboxylic acids is 1. The van der Waals surface area contributed by atoms with E-state index in [0.717, 1.165) is 28.3 Å². The first-order chi connectivity index (χ1) is 14.5. The minimum Gasteiger partial charge on any atom is -0.481 e. The molecule has 1 saturated heterocycles. The molecule has 1 amide bonds. The highest BCUT2D eigenvalue weighted by Gasteiger charge is 2.22. The summed E-state index contributed by atoms with van der Waals surface area (Å²) in [7, 11) is 0. The first kappa shape index (κ1) is 21.9. The average molecular weight is 474 g/mol. The Labute approximate surface area is 183 Å². The van der Waals surface area contributed by atoms with E-state index < -0.39 is 5.97 Å². The first-order valence-corrected chi connectivity index (χ1v) is 10.6. The topological polar surface area (TPSA) is 122 Å². The second-order valence-corrected chi connectivity index (χ2v) is 7.98. The van der Waals surface area contributed by atoms with Crippen molar-refractivity contribution in [1.29, 1.82) is 0 Å². The molecule has 8 nitrogen and oxygen atoms in total. The van der Waals surface area contributed by atoms with Gasteiger partial charge in [0.1, 0.15) is 5.52 Å². The van der Waals surface area contributed by atoms with Crippen LogP contribution in [0.4, 0.5) is 0 Å². The number of para-hydroxylation sites is 1. The summed E-state index contributed by atoms with van der Waals surface area (Å²) >= 11 is 3.50. The number of allylic oxidation sites excluding steroid dienone is 1. The summed E-state index contributed by atoms with van der Waals surface area (Å²) in [6, 6.07) is 5.82. The van der Waals surface area contributed by atoms with E-state index in [0.29, 0.717) is 30.8 Å². The Morgan fingerprint density at radius 3 is 2.77 bits per heavy atom. The molecule has 1 aromatic carbocycles. The van der Waals surface area contributed by atoms with Gasteiger partial charge in [-0.15, -0.1) is 0 Å². The molecule has 0 spiro atoms. The third-order valence-electron chi connectivity index (χ3n) is 5.02. The SMILES string of the molecule is NC=C(C=NC1CCN(C(=O)CCCC(=O)O)CC1)c1cnc2cccc(Br)c2n1. The number of carbonyl (C=O) groups excluding carboxylic acids is 1. The number of benzene rings is 1. The van der Waals surface area contributed by atoms with Crippen molar-refractivity contribution < 1.29 is 14.7 Å². The Balaban J connectivity index is 1.57. The molecular formula is C21H24BrN5O3. The number of rotatable bonds is 7. The molecule has 0 bridgehead atoms. The maximum atomic E-state index is 12.2. The van der Waals surface area contributed by atoms with Gasteiger partial charge in [0.25, 0.3) is 0 Å². The van der Waals surface area contributed by atoms with Crippen molar-refractivity contribution in [3.63, 3.8) is 0 Å². The molecule has 0 unspecified atom stereocenters. The van der Waals surface area contributed by atoms with Crippen LogP contribution in [0.25, 0.3) is 16.6 Å². The van der Waals surface area contributed by atoms with E-state index in [9.17, 15) is 9.59 Å². The van der Waals surface area contributed by atoms with Crippen LogP contribution in [-0.4, -0.2) is 57.2 Å². The lowest BCUT2D eigenvalue weighted by Crippen LogP contribution is -2.39. The molecule has 3 N–H and O–H groups in total. The largest absolute Gasteiger partial charge is 0.481 e. The number of carboxylic acids is 1. The minimum absolute atomic E-state index is 0.0123. The molecule has 1 aliphatic heterocycles.